The molecule has 0 fully saturated rings. The number of nitrogens with two attached hydrogens (primary N) is 2. The first-order chi connectivity index (χ1) is 7.71. The van der Waals surface area contributed by atoms with Crippen molar-refractivity contribution < 1.29 is 18.0 Å². The molecule has 17 heavy (non-hydrogen) atoms. The zero-order valence-electron chi connectivity index (χ0n) is 8.25. The van der Waals surface area contributed by atoms with Crippen LogP contribution < -0.4 is 11.5 Å². The number of nitrogens with zero attached hydrogens (tertiary/aromatic N) is 1. The molecule has 1 aromatic rings. The van der Waals surface area contributed by atoms with Crippen molar-refractivity contribution in [1.29, 1.82) is 0 Å². The average Bonchev–Trinajstić information content (AvgIpc) is 2.15. The van der Waals surface area contributed by atoms with Crippen LogP contribution in [0.4, 0.5) is 13.2 Å². The fourth-order valence-corrected chi connectivity index (χ4v) is 1.24. The van der Waals surface area contributed by atoms with E-state index >= 15 is 0 Å². The SMILES string of the molecule is NC(N)=NC(=O)c1cc(C(F)(F)F)ccc1Cl. The van der Waals surface area contributed by atoms with Crippen molar-refractivity contribution in [2.75, 3.05) is 0 Å². The van der Waals surface area contributed by atoms with E-state index in [1.807, 2.05) is 0 Å². The number of rotatable bonds is 1. The highest BCUT2D eigenvalue weighted by molar-refractivity contribution is 6.34. The van der Waals surface area contributed by atoms with E-state index in [1.54, 1.807) is 0 Å². The first-order valence-corrected chi connectivity index (χ1v) is 4.60. The standard InChI is InChI=1S/C9H7ClF3N3O/c10-6-2-1-4(9(11,12)13)3-5(6)7(17)16-8(14)15/h1-3H,(H4,14,15,16,17). The molecule has 92 valence electrons. The fourth-order valence-electron chi connectivity index (χ4n) is 1.04. The van der Waals surface area contributed by atoms with Gasteiger partial charge in [0.05, 0.1) is 16.1 Å². The number of hydrogen-bond donors (Lipinski definition) is 2. The number of benzene rings is 1. The van der Waals surface area contributed by atoms with Gasteiger partial charge < -0.3 is 11.5 Å². The number of hydrogen-bond acceptors (Lipinski definition) is 1. The van der Waals surface area contributed by atoms with Gasteiger partial charge in [-0.2, -0.15) is 18.2 Å². The summed E-state index contributed by atoms with van der Waals surface area (Å²) in [5.74, 6) is -1.58. The van der Waals surface area contributed by atoms with Gasteiger partial charge in [-0.3, -0.25) is 4.79 Å². The van der Waals surface area contributed by atoms with Crippen molar-refractivity contribution in [3.8, 4) is 0 Å². The Bertz CT molecular complexity index is 481. The lowest BCUT2D eigenvalue weighted by atomic mass is 10.1. The van der Waals surface area contributed by atoms with E-state index in [0.717, 1.165) is 12.1 Å². The topological polar surface area (TPSA) is 81.5 Å². The first kappa shape index (κ1) is 13.3. The summed E-state index contributed by atoms with van der Waals surface area (Å²) < 4.78 is 37.2. The molecule has 0 radical (unpaired) electrons. The molecule has 0 heterocycles. The highest BCUT2D eigenvalue weighted by Crippen LogP contribution is 2.31. The highest BCUT2D eigenvalue weighted by Gasteiger charge is 2.31. The van der Waals surface area contributed by atoms with Crippen LogP contribution in [0, 0.1) is 0 Å². The Labute approximate surface area is 99.1 Å². The number of carbonyl (C=O) groups is 1. The largest absolute Gasteiger partial charge is 0.416 e. The molecule has 1 amide bonds. The zero-order valence-corrected chi connectivity index (χ0v) is 9.01. The third-order valence-electron chi connectivity index (χ3n) is 1.75. The summed E-state index contributed by atoms with van der Waals surface area (Å²) in [7, 11) is 0. The molecule has 1 rings (SSSR count). The van der Waals surface area contributed by atoms with Gasteiger partial charge in [0.1, 0.15) is 0 Å². The predicted molar refractivity (Wildman–Crippen MR) is 56.6 cm³/mol. The van der Waals surface area contributed by atoms with Gasteiger partial charge in [-0.15, -0.1) is 0 Å². The normalized spacial score (nSPS) is 11.1. The molecule has 0 aliphatic carbocycles. The molecule has 0 aromatic heterocycles. The van der Waals surface area contributed by atoms with E-state index in [9.17, 15) is 18.0 Å². The van der Waals surface area contributed by atoms with Crippen molar-refractivity contribution >= 4 is 23.5 Å². The number of guanidine groups is 1. The maximum atomic E-state index is 12.4. The quantitative estimate of drug-likeness (QED) is 0.600. The number of alkyl halides is 3. The molecule has 8 heteroatoms. The van der Waals surface area contributed by atoms with Gasteiger partial charge in [0, 0.05) is 0 Å². The zero-order chi connectivity index (χ0) is 13.2. The summed E-state index contributed by atoms with van der Waals surface area (Å²) in [4.78, 5) is 14.5. The highest BCUT2D eigenvalue weighted by atomic mass is 35.5. The first-order valence-electron chi connectivity index (χ1n) is 4.22. The molecule has 4 N–H and O–H groups in total. The van der Waals surface area contributed by atoms with Crippen LogP contribution in [0.5, 0.6) is 0 Å². The third-order valence-corrected chi connectivity index (χ3v) is 2.08. The molecule has 0 spiro atoms. The fraction of sp³-hybridized carbons (Fsp3) is 0.111. The van der Waals surface area contributed by atoms with E-state index in [-0.39, 0.29) is 5.02 Å². The average molecular weight is 266 g/mol. The van der Waals surface area contributed by atoms with Crippen LogP contribution in [0.2, 0.25) is 5.02 Å². The smallest absolute Gasteiger partial charge is 0.370 e. The molecular weight excluding hydrogens is 259 g/mol. The van der Waals surface area contributed by atoms with Crippen LogP contribution in [0.25, 0.3) is 0 Å². The van der Waals surface area contributed by atoms with Crippen molar-refractivity contribution in [2.24, 2.45) is 16.5 Å². The molecule has 1 aromatic carbocycles. The van der Waals surface area contributed by atoms with Crippen molar-refractivity contribution in [2.45, 2.75) is 6.18 Å². The Hall–Kier alpha value is -1.76. The molecule has 0 unspecified atom stereocenters. The van der Waals surface area contributed by atoms with Crippen LogP contribution in [0.15, 0.2) is 23.2 Å². The third kappa shape index (κ3) is 3.35. The Kier molecular flexibility index (Phi) is 3.62. The van der Waals surface area contributed by atoms with E-state index < -0.39 is 29.2 Å². The number of halogens is 4. The molecule has 4 nitrogen and oxygen atoms in total. The molecule has 0 aliphatic heterocycles. The summed E-state index contributed by atoms with van der Waals surface area (Å²) in [6, 6.07) is 2.31. The molecule has 0 atom stereocenters. The van der Waals surface area contributed by atoms with Crippen molar-refractivity contribution in [1.82, 2.24) is 0 Å². The number of amides is 1. The molecule has 0 saturated heterocycles. The summed E-state index contributed by atoms with van der Waals surface area (Å²) in [5, 5.41) is -0.159. The lowest BCUT2D eigenvalue weighted by Gasteiger charge is -2.08. The van der Waals surface area contributed by atoms with Gasteiger partial charge in [-0.1, -0.05) is 11.6 Å². The molecule has 0 aliphatic rings. The van der Waals surface area contributed by atoms with Gasteiger partial charge in [0.25, 0.3) is 5.91 Å². The van der Waals surface area contributed by atoms with Gasteiger partial charge >= 0.3 is 6.18 Å². The van der Waals surface area contributed by atoms with Gasteiger partial charge in [0.2, 0.25) is 0 Å². The van der Waals surface area contributed by atoms with Crippen LogP contribution in [0.3, 0.4) is 0 Å². The van der Waals surface area contributed by atoms with E-state index in [2.05, 4.69) is 4.99 Å². The van der Waals surface area contributed by atoms with Crippen LogP contribution in [0.1, 0.15) is 15.9 Å². The Balaban J connectivity index is 3.25. The summed E-state index contributed by atoms with van der Waals surface area (Å²) in [6.07, 6.45) is -4.57. The second-order valence-corrected chi connectivity index (χ2v) is 3.44. The Morgan fingerprint density at radius 1 is 1.29 bits per heavy atom. The summed E-state index contributed by atoms with van der Waals surface area (Å²) in [5.41, 5.74) is 8.48. The van der Waals surface area contributed by atoms with Gasteiger partial charge in [-0.25, -0.2) is 0 Å². The van der Waals surface area contributed by atoms with Gasteiger partial charge in [0.15, 0.2) is 5.96 Å². The Morgan fingerprint density at radius 3 is 2.35 bits per heavy atom. The number of aliphatic imine (C=N–C) groups is 1. The van der Waals surface area contributed by atoms with Crippen molar-refractivity contribution in [3.05, 3.63) is 34.3 Å². The van der Waals surface area contributed by atoms with Crippen LogP contribution >= 0.6 is 11.6 Å². The molecular formula is C9H7ClF3N3O. The molecule has 0 saturated carbocycles. The maximum absolute atomic E-state index is 12.4. The lowest BCUT2D eigenvalue weighted by Crippen LogP contribution is -2.24. The second kappa shape index (κ2) is 4.62. The summed E-state index contributed by atoms with van der Waals surface area (Å²) >= 11 is 5.59. The van der Waals surface area contributed by atoms with E-state index in [0.29, 0.717) is 6.07 Å². The Morgan fingerprint density at radius 2 is 1.88 bits per heavy atom. The minimum absolute atomic E-state index is 0.159. The number of carbonyl (C=O) groups excluding carboxylic acids is 1. The van der Waals surface area contributed by atoms with Crippen LogP contribution in [-0.2, 0) is 6.18 Å². The van der Waals surface area contributed by atoms with Crippen molar-refractivity contribution in [3.63, 3.8) is 0 Å². The maximum Gasteiger partial charge on any atom is 0.416 e. The monoisotopic (exact) mass is 265 g/mol. The molecule has 0 bridgehead atoms. The predicted octanol–water partition coefficient (Wildman–Crippen LogP) is 1.77. The second-order valence-electron chi connectivity index (χ2n) is 3.03. The van der Waals surface area contributed by atoms with Gasteiger partial charge in [-0.05, 0) is 18.2 Å². The summed E-state index contributed by atoms with van der Waals surface area (Å²) in [6.45, 7) is 0. The minimum Gasteiger partial charge on any atom is -0.370 e. The van der Waals surface area contributed by atoms with Crippen LogP contribution in [-0.4, -0.2) is 11.9 Å². The lowest BCUT2D eigenvalue weighted by molar-refractivity contribution is -0.137. The minimum atomic E-state index is -4.57. The van der Waals surface area contributed by atoms with E-state index in [1.165, 1.54) is 0 Å². The van der Waals surface area contributed by atoms with E-state index in [4.69, 9.17) is 23.1 Å².